The van der Waals surface area contributed by atoms with Gasteiger partial charge in [0.15, 0.2) is 0 Å². The van der Waals surface area contributed by atoms with Crippen LogP contribution in [0.5, 0.6) is 0 Å². The fourth-order valence-corrected chi connectivity index (χ4v) is 17.1. The number of rotatable bonds is 6. The molecule has 0 aliphatic rings. The first-order valence-corrected chi connectivity index (χ1v) is 15.9. The molecular formula is C25H28OSn. The minimum absolute atomic E-state index is 0.0127. The SMILES string of the molecule is CC(C)(C)CC(=O)[CH2][Sn]([c]1ccccc1)([c]1ccccc1)[c]1ccccc1. The van der Waals surface area contributed by atoms with Gasteiger partial charge in [0.25, 0.3) is 0 Å². The van der Waals surface area contributed by atoms with Gasteiger partial charge in [-0.2, -0.15) is 0 Å². The summed E-state index contributed by atoms with van der Waals surface area (Å²) in [6.07, 6.45) is 0.623. The fraction of sp³-hybridized carbons (Fsp3) is 0.240. The van der Waals surface area contributed by atoms with E-state index in [9.17, 15) is 4.79 Å². The maximum absolute atomic E-state index is 13.2. The van der Waals surface area contributed by atoms with Crippen LogP contribution in [0.2, 0.25) is 4.44 Å². The third-order valence-electron chi connectivity index (χ3n) is 4.99. The van der Waals surface area contributed by atoms with Crippen LogP contribution in [0.4, 0.5) is 0 Å². The van der Waals surface area contributed by atoms with E-state index in [2.05, 4.69) is 112 Å². The van der Waals surface area contributed by atoms with Crippen molar-refractivity contribution in [3.63, 3.8) is 0 Å². The van der Waals surface area contributed by atoms with Crippen LogP contribution in [0.15, 0.2) is 91.0 Å². The molecule has 138 valence electrons. The van der Waals surface area contributed by atoms with Gasteiger partial charge >= 0.3 is 168 Å². The molecule has 0 aromatic heterocycles. The zero-order chi connectivity index (χ0) is 19.3. The predicted octanol–water partition coefficient (Wildman–Crippen LogP) is 4.16. The minimum atomic E-state index is -3.44. The molecule has 2 heteroatoms. The van der Waals surface area contributed by atoms with Crippen LogP contribution in [0.25, 0.3) is 0 Å². The number of carbonyl (C=O) groups is 1. The van der Waals surface area contributed by atoms with Crippen molar-refractivity contribution in [2.24, 2.45) is 5.41 Å². The van der Waals surface area contributed by atoms with Crippen molar-refractivity contribution in [3.05, 3.63) is 91.0 Å². The maximum atomic E-state index is 13.2. The first-order valence-electron chi connectivity index (χ1n) is 9.60. The topological polar surface area (TPSA) is 17.1 Å². The normalized spacial score (nSPS) is 12.0. The molecule has 0 bridgehead atoms. The standard InChI is InChI=1S/C7H13O.3C6H5.Sn/c1-6(8)5-7(2,3)4;3*1-2-4-6-5-3-1;/h1,5H2,2-4H3;3*1-5H;. The van der Waals surface area contributed by atoms with Gasteiger partial charge in [-0.1, -0.05) is 0 Å². The summed E-state index contributed by atoms with van der Waals surface area (Å²) in [5.74, 6) is 0.384. The molecule has 0 aliphatic carbocycles. The molecule has 3 aromatic carbocycles. The molecule has 1 nitrogen and oxygen atoms in total. The molecule has 0 radical (unpaired) electrons. The van der Waals surface area contributed by atoms with Crippen LogP contribution < -0.4 is 10.7 Å². The van der Waals surface area contributed by atoms with Crippen molar-refractivity contribution in [3.8, 4) is 0 Å². The van der Waals surface area contributed by atoms with Crippen molar-refractivity contribution >= 4 is 34.9 Å². The van der Waals surface area contributed by atoms with Crippen molar-refractivity contribution < 1.29 is 4.79 Å². The summed E-state index contributed by atoms with van der Waals surface area (Å²) in [6, 6.07) is 32.3. The average molecular weight is 463 g/mol. The van der Waals surface area contributed by atoms with Gasteiger partial charge in [-0.3, -0.25) is 0 Å². The third-order valence-corrected chi connectivity index (χ3v) is 18.9. The molecule has 0 amide bonds. The van der Waals surface area contributed by atoms with E-state index in [1.165, 1.54) is 10.7 Å². The molecule has 0 unspecified atom stereocenters. The predicted molar refractivity (Wildman–Crippen MR) is 118 cm³/mol. The quantitative estimate of drug-likeness (QED) is 0.502. The van der Waals surface area contributed by atoms with Crippen LogP contribution >= 0.6 is 0 Å². The molecule has 3 rings (SSSR count). The number of carbonyl (C=O) groups excluding carboxylic acids is 1. The molecule has 0 spiro atoms. The Bertz CT molecular complexity index is 768. The number of Topliss-reactive ketones (excluding diaryl/α,β-unsaturated/α-hetero) is 1. The Kier molecular flexibility index (Phi) is 6.21. The molecule has 0 saturated carbocycles. The number of hydrogen-bond donors (Lipinski definition) is 0. The summed E-state index contributed by atoms with van der Waals surface area (Å²) >= 11 is -3.44. The summed E-state index contributed by atoms with van der Waals surface area (Å²) in [5, 5.41) is 0. The first-order chi connectivity index (χ1) is 12.9. The Morgan fingerprint density at radius 2 is 1.00 bits per heavy atom. The number of ketones is 1. The monoisotopic (exact) mass is 464 g/mol. The van der Waals surface area contributed by atoms with E-state index in [1.54, 1.807) is 0 Å². The summed E-state index contributed by atoms with van der Waals surface area (Å²) < 4.78 is 4.77. The Hall–Kier alpha value is -1.87. The zero-order valence-corrected chi connectivity index (χ0v) is 19.3. The molecule has 0 heterocycles. The second-order valence-corrected chi connectivity index (χ2v) is 19.6. The molecule has 0 N–H and O–H groups in total. The Morgan fingerprint density at radius 1 is 0.667 bits per heavy atom. The van der Waals surface area contributed by atoms with Gasteiger partial charge in [0.2, 0.25) is 0 Å². The molecule has 0 atom stereocenters. The van der Waals surface area contributed by atoms with Crippen LogP contribution in [-0.2, 0) is 4.79 Å². The van der Waals surface area contributed by atoms with E-state index in [4.69, 9.17) is 0 Å². The van der Waals surface area contributed by atoms with Gasteiger partial charge in [0.05, 0.1) is 0 Å². The first kappa shape index (κ1) is 19.9. The summed E-state index contributed by atoms with van der Waals surface area (Å²) in [7, 11) is 0. The van der Waals surface area contributed by atoms with Crippen molar-refractivity contribution in [2.45, 2.75) is 31.6 Å². The van der Waals surface area contributed by atoms with Gasteiger partial charge in [-0.05, 0) is 0 Å². The molecule has 0 aliphatic heterocycles. The van der Waals surface area contributed by atoms with Gasteiger partial charge in [-0.15, -0.1) is 0 Å². The zero-order valence-electron chi connectivity index (χ0n) is 16.5. The van der Waals surface area contributed by atoms with Crippen LogP contribution in [0.3, 0.4) is 0 Å². The number of hydrogen-bond acceptors (Lipinski definition) is 1. The fourth-order valence-electron chi connectivity index (χ4n) is 3.92. The Morgan fingerprint density at radius 3 is 1.30 bits per heavy atom. The molecule has 3 aromatic rings. The van der Waals surface area contributed by atoms with Crippen molar-refractivity contribution in [2.75, 3.05) is 0 Å². The van der Waals surface area contributed by atoms with E-state index < -0.39 is 18.4 Å². The van der Waals surface area contributed by atoms with E-state index >= 15 is 0 Å². The molecular weight excluding hydrogens is 435 g/mol. The van der Waals surface area contributed by atoms with Gasteiger partial charge < -0.3 is 0 Å². The molecule has 0 saturated heterocycles. The van der Waals surface area contributed by atoms with E-state index in [-0.39, 0.29) is 5.41 Å². The second-order valence-electron chi connectivity index (χ2n) is 8.46. The number of benzene rings is 3. The third kappa shape index (κ3) is 4.70. The summed E-state index contributed by atoms with van der Waals surface area (Å²) in [5.41, 5.74) is 0.0127. The van der Waals surface area contributed by atoms with Gasteiger partial charge in [0, 0.05) is 0 Å². The van der Waals surface area contributed by atoms with Crippen molar-refractivity contribution in [1.82, 2.24) is 0 Å². The Balaban J connectivity index is 2.21. The van der Waals surface area contributed by atoms with Gasteiger partial charge in [0.1, 0.15) is 0 Å². The van der Waals surface area contributed by atoms with E-state index in [1.807, 2.05) is 0 Å². The van der Waals surface area contributed by atoms with Crippen LogP contribution in [0, 0.1) is 5.41 Å². The van der Waals surface area contributed by atoms with E-state index in [0.717, 1.165) is 0 Å². The second kappa shape index (κ2) is 8.43. The van der Waals surface area contributed by atoms with Crippen LogP contribution in [-0.4, -0.2) is 24.2 Å². The molecule has 27 heavy (non-hydrogen) atoms. The van der Waals surface area contributed by atoms with Crippen LogP contribution in [0.1, 0.15) is 27.2 Å². The average Bonchev–Trinajstić information content (AvgIpc) is 2.67. The summed E-state index contributed by atoms with van der Waals surface area (Å²) in [6.45, 7) is 6.45. The molecule has 0 fully saturated rings. The van der Waals surface area contributed by atoms with Gasteiger partial charge in [-0.25, -0.2) is 0 Å². The summed E-state index contributed by atoms with van der Waals surface area (Å²) in [4.78, 5) is 13.2. The van der Waals surface area contributed by atoms with Crippen molar-refractivity contribution in [1.29, 1.82) is 0 Å². The Labute approximate surface area is 167 Å². The van der Waals surface area contributed by atoms with E-state index in [0.29, 0.717) is 16.6 Å².